The van der Waals surface area contributed by atoms with Crippen LogP contribution in [-0.4, -0.2) is 0 Å². The lowest BCUT2D eigenvalue weighted by Crippen LogP contribution is -1.99. The van der Waals surface area contributed by atoms with Gasteiger partial charge >= 0.3 is 0 Å². The zero-order chi connectivity index (χ0) is 10.8. The van der Waals surface area contributed by atoms with Crippen LogP contribution in [0.2, 0.25) is 0 Å². The van der Waals surface area contributed by atoms with Crippen molar-refractivity contribution < 1.29 is 4.39 Å². The van der Waals surface area contributed by atoms with E-state index in [0.717, 1.165) is 12.3 Å². The van der Waals surface area contributed by atoms with Gasteiger partial charge in [0.1, 0.15) is 5.82 Å². The predicted molar refractivity (Wildman–Crippen MR) is 61.7 cm³/mol. The average Bonchev–Trinajstić information content (AvgIpc) is 3.01. The molecule has 0 heterocycles. The van der Waals surface area contributed by atoms with Gasteiger partial charge in [0.25, 0.3) is 0 Å². The summed E-state index contributed by atoms with van der Waals surface area (Å²) < 4.78 is 13.2. The average molecular weight is 206 g/mol. The van der Waals surface area contributed by atoms with E-state index in [1.165, 1.54) is 30.4 Å². The molecule has 1 saturated carbocycles. The molecule has 0 amide bonds. The first-order chi connectivity index (χ1) is 7.22. The first kappa shape index (κ1) is 10.7. The molecule has 0 saturated heterocycles. The lowest BCUT2D eigenvalue weighted by molar-refractivity contribution is 0.609. The van der Waals surface area contributed by atoms with Crippen molar-refractivity contribution in [2.45, 2.75) is 51.4 Å². The lowest BCUT2D eigenvalue weighted by atomic mass is 9.90. The van der Waals surface area contributed by atoms with Crippen LogP contribution in [0.5, 0.6) is 0 Å². The van der Waals surface area contributed by atoms with Gasteiger partial charge in [-0.25, -0.2) is 4.39 Å². The summed E-state index contributed by atoms with van der Waals surface area (Å²) in [5.41, 5.74) is 2.65. The molecule has 0 spiro atoms. The molecule has 1 atom stereocenters. The van der Waals surface area contributed by atoms with E-state index in [1.807, 2.05) is 6.07 Å². The van der Waals surface area contributed by atoms with E-state index >= 15 is 0 Å². The largest absolute Gasteiger partial charge is 0.207 e. The van der Waals surface area contributed by atoms with Crippen LogP contribution >= 0.6 is 0 Å². The summed E-state index contributed by atoms with van der Waals surface area (Å²) >= 11 is 0. The standard InChI is InChI=1S/C14H19F/c1-3-4-10(2)14-9-12(15)7-8-13(14)11-5-6-11/h7-11H,3-6H2,1-2H3. The molecule has 1 aromatic carbocycles. The Morgan fingerprint density at radius 1 is 1.40 bits per heavy atom. The third-order valence-corrected chi connectivity index (χ3v) is 3.32. The van der Waals surface area contributed by atoms with Crippen molar-refractivity contribution in [3.8, 4) is 0 Å². The van der Waals surface area contributed by atoms with Gasteiger partial charge < -0.3 is 0 Å². The zero-order valence-electron chi connectivity index (χ0n) is 9.59. The Labute approximate surface area is 91.5 Å². The Morgan fingerprint density at radius 3 is 2.73 bits per heavy atom. The molecule has 1 aliphatic rings. The van der Waals surface area contributed by atoms with E-state index in [2.05, 4.69) is 13.8 Å². The third kappa shape index (κ3) is 2.39. The second-order valence-corrected chi connectivity index (χ2v) is 4.74. The van der Waals surface area contributed by atoms with Crippen molar-refractivity contribution in [3.05, 3.63) is 35.1 Å². The minimum Gasteiger partial charge on any atom is -0.207 e. The van der Waals surface area contributed by atoms with Crippen molar-refractivity contribution in [1.29, 1.82) is 0 Å². The van der Waals surface area contributed by atoms with Crippen molar-refractivity contribution in [2.24, 2.45) is 0 Å². The highest BCUT2D eigenvalue weighted by Crippen LogP contribution is 2.43. The van der Waals surface area contributed by atoms with Crippen LogP contribution in [0, 0.1) is 5.82 Å². The quantitative estimate of drug-likeness (QED) is 0.675. The number of hydrogen-bond donors (Lipinski definition) is 0. The van der Waals surface area contributed by atoms with Gasteiger partial charge in [0.15, 0.2) is 0 Å². The zero-order valence-corrected chi connectivity index (χ0v) is 9.59. The van der Waals surface area contributed by atoms with Crippen LogP contribution < -0.4 is 0 Å². The Balaban J connectivity index is 2.29. The molecule has 0 bridgehead atoms. The number of benzene rings is 1. The smallest absolute Gasteiger partial charge is 0.123 e. The van der Waals surface area contributed by atoms with E-state index in [0.29, 0.717) is 5.92 Å². The van der Waals surface area contributed by atoms with Crippen molar-refractivity contribution >= 4 is 0 Å². The first-order valence-corrected chi connectivity index (χ1v) is 6.01. The van der Waals surface area contributed by atoms with Crippen molar-refractivity contribution in [3.63, 3.8) is 0 Å². The molecule has 0 radical (unpaired) electrons. The normalized spacial score (nSPS) is 17.8. The number of hydrogen-bond acceptors (Lipinski definition) is 0. The molecule has 0 nitrogen and oxygen atoms in total. The van der Waals surface area contributed by atoms with Gasteiger partial charge in [-0.3, -0.25) is 0 Å². The molecule has 1 heteroatoms. The second-order valence-electron chi connectivity index (χ2n) is 4.74. The maximum Gasteiger partial charge on any atom is 0.123 e. The summed E-state index contributed by atoms with van der Waals surface area (Å²) in [6.07, 6.45) is 4.90. The second kappa shape index (κ2) is 4.34. The van der Waals surface area contributed by atoms with Gasteiger partial charge in [0.05, 0.1) is 0 Å². The van der Waals surface area contributed by atoms with E-state index in [-0.39, 0.29) is 5.82 Å². The molecule has 0 aromatic heterocycles. The van der Waals surface area contributed by atoms with Gasteiger partial charge in [-0.2, -0.15) is 0 Å². The van der Waals surface area contributed by atoms with Crippen LogP contribution in [0.15, 0.2) is 18.2 Å². The molecular formula is C14H19F. The number of rotatable bonds is 4. The Hall–Kier alpha value is -0.850. The molecule has 82 valence electrons. The van der Waals surface area contributed by atoms with Crippen LogP contribution in [-0.2, 0) is 0 Å². The summed E-state index contributed by atoms with van der Waals surface area (Å²) in [6, 6.07) is 5.35. The fourth-order valence-electron chi connectivity index (χ4n) is 2.33. The van der Waals surface area contributed by atoms with Crippen LogP contribution in [0.1, 0.15) is 62.5 Å². The maximum atomic E-state index is 13.2. The highest BCUT2D eigenvalue weighted by atomic mass is 19.1. The molecular weight excluding hydrogens is 187 g/mol. The fourth-order valence-corrected chi connectivity index (χ4v) is 2.33. The Morgan fingerprint density at radius 2 is 2.13 bits per heavy atom. The monoisotopic (exact) mass is 206 g/mol. The molecule has 1 aliphatic carbocycles. The van der Waals surface area contributed by atoms with Gasteiger partial charge in [0, 0.05) is 0 Å². The van der Waals surface area contributed by atoms with E-state index < -0.39 is 0 Å². The summed E-state index contributed by atoms with van der Waals surface area (Å²) in [7, 11) is 0. The summed E-state index contributed by atoms with van der Waals surface area (Å²) in [5.74, 6) is 1.14. The lowest BCUT2D eigenvalue weighted by Gasteiger charge is -2.15. The molecule has 2 rings (SSSR count). The van der Waals surface area contributed by atoms with Crippen LogP contribution in [0.4, 0.5) is 4.39 Å². The van der Waals surface area contributed by atoms with Crippen molar-refractivity contribution in [1.82, 2.24) is 0 Å². The van der Waals surface area contributed by atoms with E-state index in [4.69, 9.17) is 0 Å². The molecule has 1 aromatic rings. The Bertz CT molecular complexity index is 339. The minimum absolute atomic E-state index is 0.0858. The van der Waals surface area contributed by atoms with Gasteiger partial charge in [-0.15, -0.1) is 0 Å². The van der Waals surface area contributed by atoms with Crippen molar-refractivity contribution in [2.75, 3.05) is 0 Å². The predicted octanol–water partition coefficient (Wildman–Crippen LogP) is 4.61. The van der Waals surface area contributed by atoms with Crippen LogP contribution in [0.3, 0.4) is 0 Å². The summed E-state index contributed by atoms with van der Waals surface area (Å²) in [4.78, 5) is 0. The Kier molecular flexibility index (Phi) is 3.08. The topological polar surface area (TPSA) is 0 Å². The van der Waals surface area contributed by atoms with Gasteiger partial charge in [-0.1, -0.05) is 26.3 Å². The van der Waals surface area contributed by atoms with Gasteiger partial charge in [0.2, 0.25) is 0 Å². The molecule has 0 aliphatic heterocycles. The summed E-state index contributed by atoms with van der Waals surface area (Å²) in [6.45, 7) is 4.40. The molecule has 0 N–H and O–H groups in total. The first-order valence-electron chi connectivity index (χ1n) is 6.01. The maximum absolute atomic E-state index is 13.2. The third-order valence-electron chi connectivity index (χ3n) is 3.32. The fraction of sp³-hybridized carbons (Fsp3) is 0.571. The molecule has 1 fully saturated rings. The summed E-state index contributed by atoms with van der Waals surface area (Å²) in [5, 5.41) is 0. The highest BCUT2D eigenvalue weighted by molar-refractivity contribution is 5.36. The van der Waals surface area contributed by atoms with Gasteiger partial charge in [-0.05, 0) is 54.4 Å². The SMILES string of the molecule is CCCC(C)c1cc(F)ccc1C1CC1. The van der Waals surface area contributed by atoms with Crippen LogP contribution in [0.25, 0.3) is 0 Å². The highest BCUT2D eigenvalue weighted by Gasteiger charge is 2.27. The molecule has 15 heavy (non-hydrogen) atoms. The number of halogens is 1. The minimum atomic E-state index is -0.0858. The molecule has 1 unspecified atom stereocenters. The van der Waals surface area contributed by atoms with E-state index in [1.54, 1.807) is 12.1 Å². The van der Waals surface area contributed by atoms with E-state index in [9.17, 15) is 4.39 Å².